The van der Waals surface area contributed by atoms with Gasteiger partial charge >= 0.3 is 5.97 Å². The van der Waals surface area contributed by atoms with Crippen molar-refractivity contribution in [3.05, 3.63) is 54.1 Å². The van der Waals surface area contributed by atoms with Crippen LogP contribution in [0, 0.1) is 11.8 Å². The molecule has 1 fully saturated rings. The number of carboxylic acid groups (broad SMARTS) is 1. The first-order valence-electron chi connectivity index (χ1n) is 24.7. The molecule has 0 radical (unpaired) electrons. The van der Waals surface area contributed by atoms with Crippen LogP contribution in [0.3, 0.4) is 0 Å². The quantitative estimate of drug-likeness (QED) is 0.0204. The fourth-order valence-corrected chi connectivity index (χ4v) is 8.04. The van der Waals surface area contributed by atoms with Gasteiger partial charge in [0.2, 0.25) is 53.2 Å². The number of hydrogen-bond donors (Lipinski definition) is 13. The number of carbonyl (C=O) groups is 10. The maximum Gasteiger partial charge on any atom is 0.326 e. The molecule has 1 aromatic carbocycles. The molecule has 8 atom stereocenters. The van der Waals surface area contributed by atoms with Gasteiger partial charge in [-0.25, -0.2) is 9.78 Å². The van der Waals surface area contributed by atoms with Crippen molar-refractivity contribution in [2.75, 3.05) is 19.6 Å². The van der Waals surface area contributed by atoms with Crippen LogP contribution >= 0.6 is 0 Å². The van der Waals surface area contributed by atoms with E-state index in [4.69, 9.17) is 22.9 Å². The van der Waals surface area contributed by atoms with Crippen molar-refractivity contribution in [3.63, 3.8) is 0 Å². The average Bonchev–Trinajstić information content (AvgIpc) is 4.05. The Morgan fingerprint density at radius 1 is 0.743 bits per heavy atom. The summed E-state index contributed by atoms with van der Waals surface area (Å²) in [6, 6.07) is -0.910. The Morgan fingerprint density at radius 2 is 1.34 bits per heavy atom. The van der Waals surface area contributed by atoms with Gasteiger partial charge in [-0.2, -0.15) is 0 Å². The predicted octanol–water partition coefficient (Wildman–Crippen LogP) is -2.95. The van der Waals surface area contributed by atoms with E-state index in [1.165, 1.54) is 24.3 Å². The Labute approximate surface area is 429 Å². The third-order valence-corrected chi connectivity index (χ3v) is 11.8. The highest BCUT2D eigenvalue weighted by Gasteiger charge is 2.39. The Kier molecular flexibility index (Phi) is 24.9. The summed E-state index contributed by atoms with van der Waals surface area (Å²) in [5.74, 6) is -8.32. The van der Waals surface area contributed by atoms with Crippen LogP contribution in [-0.4, -0.2) is 153 Å². The zero-order valence-corrected chi connectivity index (χ0v) is 42.7. The Hall–Kier alpha value is -7.64. The van der Waals surface area contributed by atoms with Crippen molar-refractivity contribution in [3.8, 4) is 0 Å². The van der Waals surface area contributed by atoms with E-state index in [2.05, 4.69) is 52.2 Å². The van der Waals surface area contributed by atoms with Crippen molar-refractivity contribution in [1.82, 2.24) is 52.1 Å². The molecule has 1 saturated heterocycles. The van der Waals surface area contributed by atoms with Crippen LogP contribution in [0.25, 0.3) is 0 Å². The Bertz CT molecular complexity index is 2260. The van der Waals surface area contributed by atoms with Gasteiger partial charge in [-0.15, -0.1) is 0 Å². The van der Waals surface area contributed by atoms with Gasteiger partial charge in [-0.05, 0) is 69.3 Å². The molecule has 26 nitrogen and oxygen atoms in total. The van der Waals surface area contributed by atoms with E-state index >= 15 is 0 Å². The van der Waals surface area contributed by atoms with Gasteiger partial charge in [0, 0.05) is 44.2 Å². The summed E-state index contributed by atoms with van der Waals surface area (Å²) in [4.78, 5) is 144. The number of H-pyrrole nitrogens is 1. The number of carbonyl (C=O) groups excluding carboxylic acids is 9. The molecule has 408 valence electrons. The number of amides is 9. The number of aromatic amines is 1. The van der Waals surface area contributed by atoms with Gasteiger partial charge in [0.25, 0.3) is 0 Å². The molecule has 1 aromatic heterocycles. The highest BCUT2D eigenvalue weighted by molar-refractivity contribution is 5.97. The molecular formula is C48H75N15O11. The first-order chi connectivity index (χ1) is 34.9. The molecular weight excluding hydrogens is 963 g/mol. The third-order valence-electron chi connectivity index (χ3n) is 11.8. The van der Waals surface area contributed by atoms with Gasteiger partial charge in [0.1, 0.15) is 42.3 Å². The highest BCUT2D eigenvalue weighted by atomic mass is 16.4. The fraction of sp³-hybridized carbons (Fsp3) is 0.583. The minimum Gasteiger partial charge on any atom is -0.480 e. The number of aliphatic imine (C=N–C) groups is 1. The summed E-state index contributed by atoms with van der Waals surface area (Å²) < 4.78 is 0. The topological polar surface area (TPSA) is 423 Å². The lowest BCUT2D eigenvalue weighted by Gasteiger charge is -2.29. The summed E-state index contributed by atoms with van der Waals surface area (Å²) in [7, 11) is 0. The van der Waals surface area contributed by atoms with Crippen LogP contribution in [-0.2, 0) is 60.8 Å². The number of nitrogens with one attached hydrogen (secondary N) is 8. The number of likely N-dealkylation sites (tertiary alicyclic amines) is 1. The number of benzene rings is 1. The van der Waals surface area contributed by atoms with E-state index in [0.29, 0.717) is 17.7 Å². The normalized spacial score (nSPS) is 16.0. The smallest absolute Gasteiger partial charge is 0.326 e. The second kappa shape index (κ2) is 30.4. The maximum atomic E-state index is 14.1. The molecule has 3 rings (SSSR count). The molecule has 17 N–H and O–H groups in total. The Balaban J connectivity index is 1.70. The van der Waals surface area contributed by atoms with Crippen molar-refractivity contribution >= 4 is 65.1 Å². The average molecular weight is 1040 g/mol. The largest absolute Gasteiger partial charge is 0.480 e. The van der Waals surface area contributed by atoms with Gasteiger partial charge in [0.05, 0.1) is 18.9 Å². The van der Waals surface area contributed by atoms with Gasteiger partial charge in [-0.1, -0.05) is 58.0 Å². The number of nitrogens with zero attached hydrogens (tertiary/aromatic N) is 3. The van der Waals surface area contributed by atoms with Crippen molar-refractivity contribution in [1.29, 1.82) is 0 Å². The molecule has 26 heteroatoms. The summed E-state index contributed by atoms with van der Waals surface area (Å²) >= 11 is 0. The zero-order valence-electron chi connectivity index (χ0n) is 42.7. The summed E-state index contributed by atoms with van der Waals surface area (Å²) in [6.07, 6.45) is 3.57. The number of hydrogen-bond acceptors (Lipinski definition) is 13. The van der Waals surface area contributed by atoms with E-state index in [0.717, 1.165) is 0 Å². The summed E-state index contributed by atoms with van der Waals surface area (Å²) in [5.41, 5.74) is 23.6. The van der Waals surface area contributed by atoms with Crippen LogP contribution in [0.1, 0.15) is 97.2 Å². The lowest BCUT2D eigenvalue weighted by molar-refractivity contribution is -0.143. The molecule has 2 heterocycles. The molecule has 9 amide bonds. The minimum absolute atomic E-state index is 0.00407. The van der Waals surface area contributed by atoms with Crippen LogP contribution < -0.4 is 60.2 Å². The summed E-state index contributed by atoms with van der Waals surface area (Å²) in [6.45, 7) is 8.16. The monoisotopic (exact) mass is 1040 g/mol. The van der Waals surface area contributed by atoms with E-state index in [-0.39, 0.29) is 88.7 Å². The third kappa shape index (κ3) is 21.2. The van der Waals surface area contributed by atoms with Crippen molar-refractivity contribution in [2.45, 2.75) is 147 Å². The molecule has 0 unspecified atom stereocenters. The second-order valence-electron chi connectivity index (χ2n) is 19.1. The lowest BCUT2D eigenvalue weighted by Crippen LogP contribution is -2.59. The molecule has 0 spiro atoms. The van der Waals surface area contributed by atoms with Crippen LogP contribution in [0.5, 0.6) is 0 Å². The van der Waals surface area contributed by atoms with Crippen LogP contribution in [0.15, 0.2) is 47.8 Å². The highest BCUT2D eigenvalue weighted by Crippen LogP contribution is 2.20. The van der Waals surface area contributed by atoms with Crippen molar-refractivity contribution < 1.29 is 53.1 Å². The van der Waals surface area contributed by atoms with Crippen LogP contribution in [0.4, 0.5) is 0 Å². The number of imidazole rings is 1. The number of guanidine groups is 1. The van der Waals surface area contributed by atoms with Gasteiger partial charge in [-0.3, -0.25) is 48.1 Å². The van der Waals surface area contributed by atoms with Crippen molar-refractivity contribution in [2.24, 2.45) is 39.8 Å². The van der Waals surface area contributed by atoms with Gasteiger partial charge in [0.15, 0.2) is 5.96 Å². The molecule has 0 bridgehead atoms. The van der Waals surface area contributed by atoms with E-state index in [1.807, 2.05) is 27.7 Å². The number of nitrogens with two attached hydrogens (primary N) is 4. The molecule has 0 aliphatic carbocycles. The second-order valence-corrected chi connectivity index (χ2v) is 19.1. The number of primary amides is 1. The lowest BCUT2D eigenvalue weighted by atomic mass is 9.99. The zero-order chi connectivity index (χ0) is 55.1. The SMILES string of the molecule is CC(C)C[C@H](NC(=O)[C@H](Cc1ccccc1)NC(=O)[C@H](CC(C)C)NC(=O)[C@H](CCCN=C(N)N)NC(=O)[C@H](C)NC(=O)CNC(=O)[C@@H]1CCCN1C(=O)[C@H](CCC(N)=O)NC(=O)[C@@H](N)Cc1cnc[nH]1)C(=O)O. The number of aromatic nitrogens is 2. The number of carboxylic acids is 1. The fourth-order valence-electron chi connectivity index (χ4n) is 8.04. The maximum absolute atomic E-state index is 14.1. The van der Waals surface area contributed by atoms with Gasteiger partial charge < -0.3 is 75.1 Å². The molecule has 2 aromatic rings. The standard InChI is InChI=1S/C48H75N15O11/c1-26(2)19-34(43(69)61-35(21-29-11-7-6-8-12-29)44(70)62-36(47(73)74)20-27(3)4)60-42(68)32(13-9-17-54-48(51)52)58-40(66)28(5)57-39(65)24-55-45(71)37-14-10-18-63(37)46(72)33(15-16-38(50)64)59-41(67)31(49)22-30-23-53-25-56-30/h6-8,11-12,23,25-28,31-37H,9-10,13-22,24,49H2,1-5H3,(H2,50,64)(H,53,56)(H,55,71)(H,57,65)(H,58,66)(H,59,67)(H,60,68)(H,61,69)(H,62,70)(H,73,74)(H4,51,52,54)/t28-,31-,32-,33-,34-,35-,36-,37-/m0/s1. The van der Waals surface area contributed by atoms with E-state index in [1.54, 1.807) is 30.3 Å². The van der Waals surface area contributed by atoms with Crippen LogP contribution in [0.2, 0.25) is 0 Å². The molecule has 1 aliphatic rings. The first-order valence-corrected chi connectivity index (χ1v) is 24.7. The number of aliphatic carboxylic acids is 1. The summed E-state index contributed by atoms with van der Waals surface area (Å²) in [5, 5.41) is 27.9. The molecule has 0 saturated carbocycles. The van der Waals surface area contributed by atoms with E-state index in [9.17, 15) is 53.1 Å². The Morgan fingerprint density at radius 3 is 1.95 bits per heavy atom. The first kappa shape index (κ1) is 60.7. The van der Waals surface area contributed by atoms with E-state index < -0.39 is 114 Å². The predicted molar refractivity (Wildman–Crippen MR) is 270 cm³/mol. The minimum atomic E-state index is -1.30. The number of rotatable bonds is 31. The molecule has 1 aliphatic heterocycles. The molecule has 74 heavy (non-hydrogen) atoms.